The molecule has 0 amide bonds. The Morgan fingerprint density at radius 1 is 1.60 bits per heavy atom. The number of rotatable bonds is 0. The van der Waals surface area contributed by atoms with Gasteiger partial charge in [-0.2, -0.15) is 0 Å². The van der Waals surface area contributed by atoms with Gasteiger partial charge in [-0.15, -0.1) is 0 Å². The minimum Gasteiger partial charge on any atom is -0.299 e. The Morgan fingerprint density at radius 3 is 2.60 bits per heavy atom. The fourth-order valence-electron chi connectivity index (χ4n) is 1.18. The Labute approximate surface area is 62.1 Å². The van der Waals surface area contributed by atoms with Crippen molar-refractivity contribution in [2.75, 3.05) is 0 Å². The Kier molecular flexibility index (Phi) is 1.67. The van der Waals surface area contributed by atoms with Crippen LogP contribution in [0.15, 0.2) is 12.2 Å². The quantitative estimate of drug-likeness (QED) is 0.469. The molecule has 0 aliphatic heterocycles. The molecule has 1 rings (SSSR count). The zero-order valence-electron chi connectivity index (χ0n) is 6.85. The van der Waals surface area contributed by atoms with Crippen LogP contribution in [0.4, 0.5) is 0 Å². The van der Waals surface area contributed by atoms with Crippen molar-refractivity contribution in [2.24, 2.45) is 11.3 Å². The van der Waals surface area contributed by atoms with Crippen LogP contribution in [0, 0.1) is 11.3 Å². The molecule has 0 aromatic rings. The van der Waals surface area contributed by atoms with E-state index in [2.05, 4.69) is 19.9 Å². The third-order valence-corrected chi connectivity index (χ3v) is 1.97. The van der Waals surface area contributed by atoms with E-state index in [1.54, 1.807) is 0 Å². The fraction of sp³-hybridized carbons (Fsp3) is 0.667. The molecule has 1 aliphatic carbocycles. The van der Waals surface area contributed by atoms with E-state index in [0.717, 1.165) is 0 Å². The minimum atomic E-state index is 0.101. The highest BCUT2D eigenvalue weighted by Crippen LogP contribution is 2.29. The van der Waals surface area contributed by atoms with Crippen molar-refractivity contribution in [3.63, 3.8) is 0 Å². The summed E-state index contributed by atoms with van der Waals surface area (Å²) >= 11 is 0. The molecule has 1 unspecified atom stereocenters. The third-order valence-electron chi connectivity index (χ3n) is 1.97. The number of ketones is 1. The van der Waals surface area contributed by atoms with Crippen molar-refractivity contribution in [3.8, 4) is 0 Å². The van der Waals surface area contributed by atoms with Gasteiger partial charge in [0, 0.05) is 12.3 Å². The van der Waals surface area contributed by atoms with Gasteiger partial charge in [-0.05, 0) is 5.41 Å². The van der Waals surface area contributed by atoms with E-state index in [-0.39, 0.29) is 11.3 Å². The first-order valence-electron chi connectivity index (χ1n) is 3.73. The third kappa shape index (κ3) is 1.47. The Morgan fingerprint density at radius 2 is 2.20 bits per heavy atom. The molecule has 1 nitrogen and oxygen atoms in total. The second-order valence-corrected chi connectivity index (χ2v) is 3.78. The van der Waals surface area contributed by atoms with Crippen LogP contribution >= 0.6 is 0 Å². The van der Waals surface area contributed by atoms with Gasteiger partial charge in [0.25, 0.3) is 0 Å². The summed E-state index contributed by atoms with van der Waals surface area (Å²) in [5.41, 5.74) is 0.101. The first-order chi connectivity index (χ1) is 4.51. The molecule has 0 saturated carbocycles. The molecule has 0 fully saturated rings. The van der Waals surface area contributed by atoms with Gasteiger partial charge in [-0.1, -0.05) is 32.9 Å². The lowest BCUT2D eigenvalue weighted by Crippen LogP contribution is -2.23. The van der Waals surface area contributed by atoms with Gasteiger partial charge in [0.15, 0.2) is 0 Å². The Hall–Kier alpha value is -0.590. The average Bonchev–Trinajstić information content (AvgIpc) is 1.79. The van der Waals surface area contributed by atoms with Gasteiger partial charge >= 0.3 is 0 Å². The fourth-order valence-corrected chi connectivity index (χ4v) is 1.18. The molecule has 0 radical (unpaired) electrons. The van der Waals surface area contributed by atoms with Crippen molar-refractivity contribution >= 4 is 5.78 Å². The van der Waals surface area contributed by atoms with Crippen LogP contribution in [0.25, 0.3) is 0 Å². The van der Waals surface area contributed by atoms with Crippen molar-refractivity contribution in [1.82, 2.24) is 0 Å². The largest absolute Gasteiger partial charge is 0.299 e. The van der Waals surface area contributed by atoms with Gasteiger partial charge < -0.3 is 0 Å². The lowest BCUT2D eigenvalue weighted by Gasteiger charge is -2.25. The molecule has 0 heterocycles. The predicted molar refractivity (Wildman–Crippen MR) is 41.7 cm³/mol. The highest BCUT2D eigenvalue weighted by Gasteiger charge is 2.25. The summed E-state index contributed by atoms with van der Waals surface area (Å²) in [5, 5.41) is 0. The van der Waals surface area contributed by atoms with Crippen LogP contribution in [-0.4, -0.2) is 5.78 Å². The molecule has 1 aliphatic rings. The van der Waals surface area contributed by atoms with Gasteiger partial charge in [-0.3, -0.25) is 4.79 Å². The number of allylic oxidation sites excluding steroid dienone is 2. The number of carbonyl (C=O) groups excluding carboxylic acids is 1. The van der Waals surface area contributed by atoms with Crippen LogP contribution in [0.5, 0.6) is 0 Å². The van der Waals surface area contributed by atoms with Gasteiger partial charge in [0.05, 0.1) is 0 Å². The lowest BCUT2D eigenvalue weighted by atomic mass is 9.79. The summed E-state index contributed by atoms with van der Waals surface area (Å²) in [6.07, 6.45) is 4.84. The number of carbonyl (C=O) groups is 1. The SMILES string of the molecule is CC1C=CC(C)(C)CC1=O. The van der Waals surface area contributed by atoms with E-state index < -0.39 is 0 Å². The van der Waals surface area contributed by atoms with Gasteiger partial charge in [0.1, 0.15) is 5.78 Å². The molecule has 0 N–H and O–H groups in total. The van der Waals surface area contributed by atoms with Crippen molar-refractivity contribution < 1.29 is 4.79 Å². The number of hydrogen-bond acceptors (Lipinski definition) is 1. The smallest absolute Gasteiger partial charge is 0.140 e. The van der Waals surface area contributed by atoms with Crippen molar-refractivity contribution in [1.29, 1.82) is 0 Å². The average molecular weight is 138 g/mol. The van der Waals surface area contributed by atoms with Crippen LogP contribution in [-0.2, 0) is 4.79 Å². The summed E-state index contributed by atoms with van der Waals surface area (Å²) in [4.78, 5) is 11.2. The molecule has 10 heavy (non-hydrogen) atoms. The van der Waals surface area contributed by atoms with Crippen LogP contribution < -0.4 is 0 Å². The monoisotopic (exact) mass is 138 g/mol. The first kappa shape index (κ1) is 7.52. The van der Waals surface area contributed by atoms with Crippen LogP contribution in [0.3, 0.4) is 0 Å². The molecule has 0 spiro atoms. The van der Waals surface area contributed by atoms with E-state index in [4.69, 9.17) is 0 Å². The predicted octanol–water partition coefficient (Wildman–Crippen LogP) is 2.18. The summed E-state index contributed by atoms with van der Waals surface area (Å²) in [5.74, 6) is 0.514. The molecular weight excluding hydrogens is 124 g/mol. The first-order valence-corrected chi connectivity index (χ1v) is 3.73. The van der Waals surface area contributed by atoms with E-state index >= 15 is 0 Å². The summed E-state index contributed by atoms with van der Waals surface area (Å²) in [6.45, 7) is 6.13. The van der Waals surface area contributed by atoms with E-state index in [9.17, 15) is 4.79 Å². The molecule has 1 heteroatoms. The van der Waals surface area contributed by atoms with Crippen LogP contribution in [0.2, 0.25) is 0 Å². The maximum Gasteiger partial charge on any atom is 0.140 e. The topological polar surface area (TPSA) is 17.1 Å². The zero-order valence-corrected chi connectivity index (χ0v) is 6.85. The van der Waals surface area contributed by atoms with E-state index in [1.165, 1.54) is 0 Å². The number of hydrogen-bond donors (Lipinski definition) is 0. The zero-order chi connectivity index (χ0) is 7.78. The molecule has 56 valence electrons. The maximum absolute atomic E-state index is 11.2. The summed E-state index contributed by atoms with van der Waals surface area (Å²) in [6, 6.07) is 0. The molecular formula is C9H14O. The maximum atomic E-state index is 11.2. The van der Waals surface area contributed by atoms with E-state index in [0.29, 0.717) is 12.2 Å². The van der Waals surface area contributed by atoms with Crippen molar-refractivity contribution in [2.45, 2.75) is 27.2 Å². The standard InChI is InChI=1S/C9H14O/c1-7-4-5-9(2,3)6-8(7)10/h4-5,7H,6H2,1-3H3. The molecule has 0 aromatic heterocycles. The number of Topliss-reactive ketones (excluding diaryl/α,β-unsaturated/α-hetero) is 1. The second kappa shape index (κ2) is 2.22. The highest BCUT2D eigenvalue weighted by molar-refractivity contribution is 5.84. The molecule has 0 saturated heterocycles. The molecule has 0 aromatic carbocycles. The Bertz CT molecular complexity index is 177. The Balaban J connectivity index is 2.79. The van der Waals surface area contributed by atoms with E-state index in [1.807, 2.05) is 13.0 Å². The van der Waals surface area contributed by atoms with Crippen LogP contribution in [0.1, 0.15) is 27.2 Å². The minimum absolute atomic E-state index is 0.101. The molecule has 0 bridgehead atoms. The van der Waals surface area contributed by atoms with Gasteiger partial charge in [0.2, 0.25) is 0 Å². The summed E-state index contributed by atoms with van der Waals surface area (Å²) < 4.78 is 0. The molecule has 1 atom stereocenters. The second-order valence-electron chi connectivity index (χ2n) is 3.78. The highest BCUT2D eigenvalue weighted by atomic mass is 16.1. The lowest BCUT2D eigenvalue weighted by molar-refractivity contribution is -0.123. The normalized spacial score (nSPS) is 30.7. The van der Waals surface area contributed by atoms with Gasteiger partial charge in [-0.25, -0.2) is 0 Å². The summed E-state index contributed by atoms with van der Waals surface area (Å²) in [7, 11) is 0. The van der Waals surface area contributed by atoms with Crippen molar-refractivity contribution in [3.05, 3.63) is 12.2 Å².